The Morgan fingerprint density at radius 2 is 1.85 bits per heavy atom. The first-order valence-corrected chi connectivity index (χ1v) is 8.12. The van der Waals surface area contributed by atoms with Crippen molar-refractivity contribution in [2.24, 2.45) is 5.73 Å². The van der Waals surface area contributed by atoms with Crippen LogP contribution in [-0.2, 0) is 9.84 Å². The molecule has 20 heavy (non-hydrogen) atoms. The Hall–Kier alpha value is -1.21. The highest BCUT2D eigenvalue weighted by Gasteiger charge is 2.15. The fourth-order valence-corrected chi connectivity index (χ4v) is 3.22. The molecule has 1 aromatic carbocycles. The van der Waals surface area contributed by atoms with Crippen molar-refractivity contribution in [3.63, 3.8) is 0 Å². The number of nitrogens with zero attached hydrogens (tertiary/aromatic N) is 1. The van der Waals surface area contributed by atoms with E-state index in [2.05, 4.69) is 0 Å². The Morgan fingerprint density at radius 1 is 1.25 bits per heavy atom. The molecule has 114 valence electrons. The van der Waals surface area contributed by atoms with Crippen molar-refractivity contribution in [1.82, 2.24) is 0 Å². The van der Waals surface area contributed by atoms with E-state index in [-0.39, 0.29) is 17.2 Å². The molecule has 0 aromatic heterocycles. The van der Waals surface area contributed by atoms with Gasteiger partial charge in [0.15, 0.2) is 9.84 Å². The van der Waals surface area contributed by atoms with Crippen molar-refractivity contribution in [2.75, 3.05) is 30.3 Å². The Morgan fingerprint density at radius 3 is 2.30 bits per heavy atom. The zero-order valence-corrected chi connectivity index (χ0v) is 12.2. The summed E-state index contributed by atoms with van der Waals surface area (Å²) in [5.74, 6) is 0.0793. The van der Waals surface area contributed by atoms with E-state index in [4.69, 9.17) is 5.73 Å². The van der Waals surface area contributed by atoms with Gasteiger partial charge in [0.1, 0.15) is 0 Å². The van der Waals surface area contributed by atoms with Crippen molar-refractivity contribution < 1.29 is 17.2 Å². The van der Waals surface area contributed by atoms with E-state index >= 15 is 0 Å². The Kier molecular flexibility index (Phi) is 6.35. The molecule has 0 saturated carbocycles. The summed E-state index contributed by atoms with van der Waals surface area (Å²) in [5.41, 5.74) is 5.95. The molecule has 0 aliphatic heterocycles. The zero-order chi connectivity index (χ0) is 15.2. The number of halogens is 2. The summed E-state index contributed by atoms with van der Waals surface area (Å²) in [5, 5.41) is 0. The molecule has 0 aliphatic carbocycles. The van der Waals surface area contributed by atoms with Crippen LogP contribution in [0.4, 0.5) is 14.5 Å². The third-order valence-electron chi connectivity index (χ3n) is 2.79. The SMILES string of the molecule is CCCS(=O)(=O)c1ccc(N(CCN)CC(F)F)cc1. The molecule has 1 rings (SSSR count). The number of rotatable bonds is 8. The van der Waals surface area contributed by atoms with Crippen molar-refractivity contribution in [3.05, 3.63) is 24.3 Å². The van der Waals surface area contributed by atoms with Gasteiger partial charge < -0.3 is 10.6 Å². The van der Waals surface area contributed by atoms with Crippen molar-refractivity contribution in [1.29, 1.82) is 0 Å². The summed E-state index contributed by atoms with van der Waals surface area (Å²) in [7, 11) is -3.28. The predicted molar refractivity (Wildman–Crippen MR) is 76.1 cm³/mol. The summed E-state index contributed by atoms with van der Waals surface area (Å²) in [4.78, 5) is 1.66. The van der Waals surface area contributed by atoms with Gasteiger partial charge in [0.05, 0.1) is 17.2 Å². The van der Waals surface area contributed by atoms with Gasteiger partial charge in [0, 0.05) is 18.8 Å². The lowest BCUT2D eigenvalue weighted by molar-refractivity contribution is 0.155. The second-order valence-corrected chi connectivity index (χ2v) is 6.55. The van der Waals surface area contributed by atoms with Gasteiger partial charge >= 0.3 is 0 Å². The maximum atomic E-state index is 12.5. The lowest BCUT2D eigenvalue weighted by atomic mass is 10.3. The summed E-state index contributed by atoms with van der Waals surface area (Å²) in [6, 6.07) is 5.99. The zero-order valence-electron chi connectivity index (χ0n) is 11.4. The van der Waals surface area contributed by atoms with Gasteiger partial charge in [-0.15, -0.1) is 0 Å². The van der Waals surface area contributed by atoms with E-state index in [0.717, 1.165) is 0 Å². The number of hydrogen-bond donors (Lipinski definition) is 1. The average Bonchev–Trinajstić information content (AvgIpc) is 2.38. The van der Waals surface area contributed by atoms with Crippen LogP contribution in [-0.4, -0.2) is 40.2 Å². The van der Waals surface area contributed by atoms with Gasteiger partial charge in [-0.25, -0.2) is 17.2 Å². The maximum absolute atomic E-state index is 12.5. The molecule has 7 heteroatoms. The maximum Gasteiger partial charge on any atom is 0.255 e. The van der Waals surface area contributed by atoms with Crippen LogP contribution in [0.2, 0.25) is 0 Å². The number of anilines is 1. The third kappa shape index (κ3) is 4.72. The fourth-order valence-electron chi connectivity index (χ4n) is 1.90. The van der Waals surface area contributed by atoms with Crippen LogP contribution in [0.1, 0.15) is 13.3 Å². The van der Waals surface area contributed by atoms with Crippen molar-refractivity contribution in [3.8, 4) is 0 Å². The molecule has 0 radical (unpaired) electrons. The largest absolute Gasteiger partial charge is 0.365 e. The highest BCUT2D eigenvalue weighted by atomic mass is 32.2. The van der Waals surface area contributed by atoms with Gasteiger partial charge in [-0.2, -0.15) is 0 Å². The predicted octanol–water partition coefficient (Wildman–Crippen LogP) is 1.90. The summed E-state index contributed by atoms with van der Waals surface area (Å²) >= 11 is 0. The highest BCUT2D eigenvalue weighted by molar-refractivity contribution is 7.91. The van der Waals surface area contributed by atoms with E-state index in [1.54, 1.807) is 19.1 Å². The van der Waals surface area contributed by atoms with Crippen LogP contribution in [0, 0.1) is 0 Å². The minimum Gasteiger partial charge on any atom is -0.365 e. The molecular weight excluding hydrogens is 286 g/mol. The Balaban J connectivity index is 2.93. The van der Waals surface area contributed by atoms with Crippen LogP contribution < -0.4 is 10.6 Å². The number of hydrogen-bond acceptors (Lipinski definition) is 4. The van der Waals surface area contributed by atoms with Crippen molar-refractivity contribution >= 4 is 15.5 Å². The second kappa shape index (κ2) is 7.54. The summed E-state index contributed by atoms with van der Waals surface area (Å²) < 4.78 is 48.7. The molecule has 2 N–H and O–H groups in total. The molecule has 0 atom stereocenters. The summed E-state index contributed by atoms with van der Waals surface area (Å²) in [6.45, 7) is 1.92. The second-order valence-electron chi connectivity index (χ2n) is 4.44. The standard InChI is InChI=1S/C13H20F2N2O2S/c1-2-9-20(18,19)12-5-3-11(4-6-12)17(8-7-16)10-13(14)15/h3-6,13H,2,7-10,16H2,1H3. The van der Waals surface area contributed by atoms with E-state index in [1.165, 1.54) is 17.0 Å². The van der Waals surface area contributed by atoms with Crippen LogP contribution >= 0.6 is 0 Å². The Bertz CT molecular complexity index is 504. The number of benzene rings is 1. The molecule has 0 bridgehead atoms. The molecule has 4 nitrogen and oxygen atoms in total. The van der Waals surface area contributed by atoms with Gasteiger partial charge in [0.2, 0.25) is 0 Å². The third-order valence-corrected chi connectivity index (χ3v) is 4.73. The van der Waals surface area contributed by atoms with E-state index < -0.39 is 22.8 Å². The van der Waals surface area contributed by atoms with Gasteiger partial charge in [-0.1, -0.05) is 6.92 Å². The molecule has 0 unspecified atom stereocenters. The molecule has 0 heterocycles. The number of alkyl halides is 2. The minimum absolute atomic E-state index is 0.0793. The van der Waals surface area contributed by atoms with Crippen molar-refractivity contribution in [2.45, 2.75) is 24.7 Å². The molecule has 1 aromatic rings. The molecule has 0 saturated heterocycles. The molecule has 0 amide bonds. The first-order valence-electron chi connectivity index (χ1n) is 6.46. The topological polar surface area (TPSA) is 63.4 Å². The van der Waals surface area contributed by atoms with Crippen LogP contribution in [0.15, 0.2) is 29.2 Å². The highest BCUT2D eigenvalue weighted by Crippen LogP contribution is 2.20. The fraction of sp³-hybridized carbons (Fsp3) is 0.538. The van der Waals surface area contributed by atoms with Gasteiger partial charge in [-0.05, 0) is 30.7 Å². The summed E-state index contributed by atoms with van der Waals surface area (Å²) in [6.07, 6.45) is -1.93. The number of sulfone groups is 1. The normalized spacial score (nSPS) is 11.8. The van der Waals surface area contributed by atoms with E-state index in [0.29, 0.717) is 18.7 Å². The monoisotopic (exact) mass is 306 g/mol. The quantitative estimate of drug-likeness (QED) is 0.797. The average molecular weight is 306 g/mol. The first-order chi connectivity index (χ1) is 9.40. The lowest BCUT2D eigenvalue weighted by Crippen LogP contribution is -2.33. The van der Waals surface area contributed by atoms with Crippen LogP contribution in [0.25, 0.3) is 0 Å². The molecule has 0 fully saturated rings. The molecule has 0 aliphatic rings. The van der Waals surface area contributed by atoms with Crippen LogP contribution in [0.5, 0.6) is 0 Å². The molecule has 0 spiro atoms. The molecular formula is C13H20F2N2O2S. The van der Waals surface area contributed by atoms with Crippen LogP contribution in [0.3, 0.4) is 0 Å². The number of nitrogens with two attached hydrogens (primary N) is 1. The minimum atomic E-state index is -3.28. The van der Waals surface area contributed by atoms with E-state index in [9.17, 15) is 17.2 Å². The smallest absolute Gasteiger partial charge is 0.255 e. The van der Waals surface area contributed by atoms with Gasteiger partial charge in [-0.3, -0.25) is 0 Å². The lowest BCUT2D eigenvalue weighted by Gasteiger charge is -2.23. The van der Waals surface area contributed by atoms with E-state index in [1.807, 2.05) is 0 Å². The Labute approximate surface area is 118 Å². The van der Waals surface area contributed by atoms with Gasteiger partial charge in [0.25, 0.3) is 6.43 Å². The first kappa shape index (κ1) is 16.8.